The first-order chi connectivity index (χ1) is 9.88. The van der Waals surface area contributed by atoms with Crippen LogP contribution in [0.4, 0.5) is 15.8 Å². The van der Waals surface area contributed by atoms with Gasteiger partial charge in [0.1, 0.15) is 5.82 Å². The molecule has 5 nitrogen and oxygen atoms in total. The van der Waals surface area contributed by atoms with Gasteiger partial charge >= 0.3 is 0 Å². The Labute approximate surface area is 128 Å². The minimum absolute atomic E-state index is 0.340. The van der Waals surface area contributed by atoms with Crippen molar-refractivity contribution in [1.82, 2.24) is 0 Å². The highest BCUT2D eigenvalue weighted by atomic mass is 79.9. The van der Waals surface area contributed by atoms with E-state index in [2.05, 4.69) is 21.2 Å². The van der Waals surface area contributed by atoms with E-state index in [0.717, 1.165) is 28.2 Å². The highest BCUT2D eigenvalue weighted by Gasteiger charge is 2.17. The zero-order valence-corrected chi connectivity index (χ0v) is 12.5. The summed E-state index contributed by atoms with van der Waals surface area (Å²) in [6.45, 7) is 1.78. The summed E-state index contributed by atoms with van der Waals surface area (Å²) in [6, 6.07) is 8.08. The molecular formula is C14H10BrFN2O3. The molecule has 2 rings (SSSR count). The summed E-state index contributed by atoms with van der Waals surface area (Å²) in [5, 5.41) is 13.2. The highest BCUT2D eigenvalue weighted by Crippen LogP contribution is 2.23. The minimum Gasteiger partial charge on any atom is -0.322 e. The zero-order valence-electron chi connectivity index (χ0n) is 10.9. The van der Waals surface area contributed by atoms with E-state index in [1.54, 1.807) is 25.1 Å². The number of carbonyl (C=O) groups excluding carboxylic acids is 1. The van der Waals surface area contributed by atoms with Crippen LogP contribution in [-0.4, -0.2) is 10.8 Å². The number of rotatable bonds is 3. The van der Waals surface area contributed by atoms with Crippen molar-refractivity contribution in [2.75, 3.05) is 5.32 Å². The van der Waals surface area contributed by atoms with E-state index >= 15 is 0 Å². The fraction of sp³-hybridized carbons (Fsp3) is 0.0714. The number of hydrogen-bond donors (Lipinski definition) is 1. The van der Waals surface area contributed by atoms with Crippen molar-refractivity contribution >= 4 is 33.2 Å². The molecule has 0 aromatic heterocycles. The maximum atomic E-state index is 13.7. The lowest BCUT2D eigenvalue weighted by Crippen LogP contribution is -2.15. The van der Waals surface area contributed by atoms with Gasteiger partial charge in [0, 0.05) is 22.3 Å². The van der Waals surface area contributed by atoms with Gasteiger partial charge in [-0.1, -0.05) is 22.0 Å². The summed E-state index contributed by atoms with van der Waals surface area (Å²) in [5.74, 6) is -1.55. The molecule has 0 spiro atoms. The van der Waals surface area contributed by atoms with Crippen LogP contribution in [-0.2, 0) is 0 Å². The molecule has 0 atom stereocenters. The predicted molar refractivity (Wildman–Crippen MR) is 79.9 cm³/mol. The van der Waals surface area contributed by atoms with E-state index in [4.69, 9.17) is 0 Å². The number of nitro benzene ring substituents is 1. The summed E-state index contributed by atoms with van der Waals surface area (Å²) in [6.07, 6.45) is 0. The summed E-state index contributed by atoms with van der Waals surface area (Å²) in [5.41, 5.74) is 0.578. The third-order valence-corrected chi connectivity index (χ3v) is 3.35. The monoisotopic (exact) mass is 352 g/mol. The van der Waals surface area contributed by atoms with E-state index < -0.39 is 16.6 Å². The first-order valence-corrected chi connectivity index (χ1v) is 6.69. The van der Waals surface area contributed by atoms with Gasteiger partial charge in [0.2, 0.25) is 0 Å². The Morgan fingerprint density at radius 1 is 1.29 bits per heavy atom. The molecule has 0 aliphatic heterocycles. The molecule has 0 fully saturated rings. The topological polar surface area (TPSA) is 72.2 Å². The van der Waals surface area contributed by atoms with E-state index in [9.17, 15) is 19.3 Å². The van der Waals surface area contributed by atoms with Crippen LogP contribution in [0.1, 0.15) is 15.9 Å². The van der Waals surface area contributed by atoms with E-state index in [1.165, 1.54) is 0 Å². The maximum Gasteiger partial charge on any atom is 0.270 e. The molecule has 0 bridgehead atoms. The normalized spacial score (nSPS) is 10.2. The van der Waals surface area contributed by atoms with Crippen LogP contribution >= 0.6 is 15.9 Å². The average Bonchev–Trinajstić information content (AvgIpc) is 2.43. The van der Waals surface area contributed by atoms with Crippen molar-refractivity contribution in [2.45, 2.75) is 6.92 Å². The second-order valence-corrected chi connectivity index (χ2v) is 5.25. The number of aryl methyl sites for hydroxylation is 1. The minimum atomic E-state index is -0.814. The largest absolute Gasteiger partial charge is 0.322 e. The molecule has 0 saturated carbocycles. The predicted octanol–water partition coefficient (Wildman–Crippen LogP) is 4.06. The molecule has 1 N–H and O–H groups in total. The van der Waals surface area contributed by atoms with Crippen molar-refractivity contribution in [2.24, 2.45) is 0 Å². The van der Waals surface area contributed by atoms with Crippen LogP contribution in [0.15, 0.2) is 40.9 Å². The fourth-order valence-electron chi connectivity index (χ4n) is 1.72. The van der Waals surface area contributed by atoms with Crippen LogP contribution in [0.3, 0.4) is 0 Å². The van der Waals surface area contributed by atoms with Gasteiger partial charge < -0.3 is 5.32 Å². The smallest absolute Gasteiger partial charge is 0.270 e. The first kappa shape index (κ1) is 15.1. The van der Waals surface area contributed by atoms with E-state index in [1.807, 2.05) is 0 Å². The number of hydrogen-bond acceptors (Lipinski definition) is 3. The molecule has 7 heteroatoms. The van der Waals surface area contributed by atoms with Gasteiger partial charge in [0.25, 0.3) is 11.6 Å². The molecule has 0 aliphatic carbocycles. The van der Waals surface area contributed by atoms with Crippen LogP contribution < -0.4 is 5.32 Å². The fourth-order valence-corrected chi connectivity index (χ4v) is 2.08. The summed E-state index contributed by atoms with van der Waals surface area (Å²) in [4.78, 5) is 22.1. The van der Waals surface area contributed by atoms with Gasteiger partial charge in [0.05, 0.1) is 10.5 Å². The van der Waals surface area contributed by atoms with Crippen LogP contribution in [0.5, 0.6) is 0 Å². The molecule has 0 radical (unpaired) electrons. The van der Waals surface area contributed by atoms with Crippen molar-refractivity contribution in [3.8, 4) is 0 Å². The van der Waals surface area contributed by atoms with Gasteiger partial charge in [-0.3, -0.25) is 14.9 Å². The summed E-state index contributed by atoms with van der Waals surface area (Å²) < 4.78 is 14.4. The molecule has 21 heavy (non-hydrogen) atoms. The van der Waals surface area contributed by atoms with E-state index in [0.29, 0.717) is 5.69 Å². The average molecular weight is 353 g/mol. The Kier molecular flexibility index (Phi) is 4.32. The van der Waals surface area contributed by atoms with Crippen LogP contribution in [0, 0.1) is 22.9 Å². The Bertz CT molecular complexity index is 734. The third-order valence-electron chi connectivity index (χ3n) is 2.85. The number of non-ortho nitro benzene ring substituents is 1. The second kappa shape index (κ2) is 6.01. The number of amides is 1. The lowest BCUT2D eigenvalue weighted by molar-refractivity contribution is -0.384. The Hall–Kier alpha value is -2.28. The molecule has 0 aliphatic rings. The maximum absolute atomic E-state index is 13.7. The lowest BCUT2D eigenvalue weighted by atomic mass is 10.1. The van der Waals surface area contributed by atoms with Gasteiger partial charge in [-0.25, -0.2) is 4.39 Å². The number of nitro groups is 1. The molecule has 1 amide bonds. The molecular weight excluding hydrogens is 343 g/mol. The summed E-state index contributed by atoms with van der Waals surface area (Å²) in [7, 11) is 0. The Morgan fingerprint density at radius 3 is 2.67 bits per heavy atom. The molecule has 108 valence electrons. The van der Waals surface area contributed by atoms with Gasteiger partial charge in [-0.15, -0.1) is 0 Å². The molecule has 0 unspecified atom stereocenters. The highest BCUT2D eigenvalue weighted by molar-refractivity contribution is 9.10. The van der Waals surface area contributed by atoms with Crippen LogP contribution in [0.25, 0.3) is 0 Å². The van der Waals surface area contributed by atoms with Gasteiger partial charge in [0.15, 0.2) is 0 Å². The molecule has 0 heterocycles. The molecule has 2 aromatic rings. The van der Waals surface area contributed by atoms with E-state index in [-0.39, 0.29) is 11.3 Å². The molecule has 0 saturated heterocycles. The third kappa shape index (κ3) is 3.43. The van der Waals surface area contributed by atoms with Crippen molar-refractivity contribution in [1.29, 1.82) is 0 Å². The van der Waals surface area contributed by atoms with Crippen molar-refractivity contribution < 1.29 is 14.1 Å². The lowest BCUT2D eigenvalue weighted by Gasteiger charge is -2.09. The van der Waals surface area contributed by atoms with Gasteiger partial charge in [-0.05, 0) is 30.7 Å². The van der Waals surface area contributed by atoms with Crippen molar-refractivity contribution in [3.63, 3.8) is 0 Å². The summed E-state index contributed by atoms with van der Waals surface area (Å²) >= 11 is 3.27. The Balaban J connectivity index is 2.34. The second-order valence-electron chi connectivity index (χ2n) is 4.33. The number of benzene rings is 2. The number of nitrogens with one attached hydrogen (secondary N) is 1. The zero-order chi connectivity index (χ0) is 15.6. The first-order valence-electron chi connectivity index (χ1n) is 5.90. The number of carbonyl (C=O) groups is 1. The Morgan fingerprint density at radius 2 is 2.00 bits per heavy atom. The quantitative estimate of drug-likeness (QED) is 0.668. The van der Waals surface area contributed by atoms with Crippen molar-refractivity contribution in [3.05, 3.63) is 67.9 Å². The SMILES string of the molecule is Cc1ccc(Br)cc1NC(=O)c1cc([N+](=O)[O-])ccc1F. The number of halogens is 2. The molecule has 2 aromatic carbocycles. The van der Waals surface area contributed by atoms with Gasteiger partial charge in [-0.2, -0.15) is 0 Å². The number of nitrogens with zero attached hydrogens (tertiary/aromatic N) is 1. The van der Waals surface area contributed by atoms with Crippen LogP contribution in [0.2, 0.25) is 0 Å². The number of anilines is 1. The standard InChI is InChI=1S/C14H10BrFN2O3/c1-8-2-3-9(15)6-13(8)17-14(19)11-7-10(18(20)21)4-5-12(11)16/h2-7H,1H3,(H,17,19).